The Morgan fingerprint density at radius 3 is 2.36 bits per heavy atom. The SMILES string of the molecule is Nc1cc(F)c(F)cc1NBr. The zero-order chi connectivity index (χ0) is 8.43. The van der Waals surface area contributed by atoms with Crippen molar-refractivity contribution in [1.29, 1.82) is 0 Å². The van der Waals surface area contributed by atoms with Crippen molar-refractivity contribution in [1.82, 2.24) is 0 Å². The first-order chi connectivity index (χ1) is 5.15. The van der Waals surface area contributed by atoms with E-state index >= 15 is 0 Å². The molecule has 0 spiro atoms. The third-order valence-corrected chi connectivity index (χ3v) is 1.62. The van der Waals surface area contributed by atoms with Gasteiger partial charge in [-0.15, -0.1) is 0 Å². The van der Waals surface area contributed by atoms with Crippen LogP contribution in [0.1, 0.15) is 0 Å². The van der Waals surface area contributed by atoms with E-state index < -0.39 is 11.6 Å². The van der Waals surface area contributed by atoms with Crippen LogP contribution >= 0.6 is 16.1 Å². The van der Waals surface area contributed by atoms with E-state index in [0.29, 0.717) is 5.69 Å². The fourth-order valence-corrected chi connectivity index (χ4v) is 0.987. The lowest BCUT2D eigenvalue weighted by Gasteiger charge is -2.02. The Hall–Kier alpha value is -0.840. The molecule has 1 rings (SSSR count). The van der Waals surface area contributed by atoms with Gasteiger partial charge in [-0.1, -0.05) is 0 Å². The van der Waals surface area contributed by atoms with Crippen LogP contribution in [0.5, 0.6) is 0 Å². The zero-order valence-corrected chi connectivity index (χ0v) is 6.95. The largest absolute Gasteiger partial charge is 0.397 e. The lowest BCUT2D eigenvalue weighted by atomic mass is 10.2. The molecule has 0 fully saturated rings. The van der Waals surface area contributed by atoms with Crippen molar-refractivity contribution >= 4 is 27.5 Å². The minimum absolute atomic E-state index is 0.153. The summed E-state index contributed by atoms with van der Waals surface area (Å²) in [4.78, 5) is 0. The summed E-state index contributed by atoms with van der Waals surface area (Å²) in [6, 6.07) is 1.89. The van der Waals surface area contributed by atoms with Crippen LogP contribution in [0.2, 0.25) is 0 Å². The van der Waals surface area contributed by atoms with Crippen LogP contribution < -0.4 is 10.1 Å². The monoisotopic (exact) mass is 222 g/mol. The molecule has 0 saturated heterocycles. The first-order valence-corrected chi connectivity index (χ1v) is 3.55. The molecule has 0 heterocycles. The number of rotatable bonds is 1. The number of hydrogen-bond acceptors (Lipinski definition) is 2. The number of anilines is 2. The highest BCUT2D eigenvalue weighted by Gasteiger charge is 2.05. The quantitative estimate of drug-likeness (QED) is 0.566. The molecule has 2 nitrogen and oxygen atoms in total. The molecule has 11 heavy (non-hydrogen) atoms. The lowest BCUT2D eigenvalue weighted by Crippen LogP contribution is -1.94. The highest BCUT2D eigenvalue weighted by atomic mass is 79.9. The van der Waals surface area contributed by atoms with Gasteiger partial charge in [0.25, 0.3) is 0 Å². The molecule has 0 aromatic heterocycles. The Bertz CT molecular complexity index is 278. The standard InChI is InChI=1S/C6H5BrF2N2/c7-11-6-2-4(9)3(8)1-5(6)10/h1-2,11H,10H2. The number of halogens is 3. The van der Waals surface area contributed by atoms with Crippen molar-refractivity contribution < 1.29 is 8.78 Å². The topological polar surface area (TPSA) is 38.0 Å². The molecule has 0 unspecified atom stereocenters. The summed E-state index contributed by atoms with van der Waals surface area (Å²) in [7, 11) is 0. The fraction of sp³-hybridized carbons (Fsp3) is 0. The van der Waals surface area contributed by atoms with Crippen LogP contribution in [0, 0.1) is 11.6 Å². The molecule has 1 aromatic carbocycles. The fourth-order valence-electron chi connectivity index (χ4n) is 0.644. The summed E-state index contributed by atoms with van der Waals surface area (Å²) in [6.07, 6.45) is 0. The number of nitrogens with two attached hydrogens (primary N) is 1. The van der Waals surface area contributed by atoms with Gasteiger partial charge in [0.05, 0.1) is 11.4 Å². The summed E-state index contributed by atoms with van der Waals surface area (Å²) in [5.74, 6) is -1.88. The van der Waals surface area contributed by atoms with E-state index in [2.05, 4.69) is 20.5 Å². The highest BCUT2D eigenvalue weighted by molar-refractivity contribution is 9.10. The first kappa shape index (κ1) is 8.26. The molecule has 0 aliphatic heterocycles. The van der Waals surface area contributed by atoms with Crippen molar-refractivity contribution in [2.75, 3.05) is 10.1 Å². The van der Waals surface area contributed by atoms with Crippen LogP contribution in [0.25, 0.3) is 0 Å². The van der Waals surface area contributed by atoms with Crippen molar-refractivity contribution in [3.63, 3.8) is 0 Å². The van der Waals surface area contributed by atoms with Gasteiger partial charge in [0.2, 0.25) is 0 Å². The van der Waals surface area contributed by atoms with Gasteiger partial charge in [0.15, 0.2) is 11.6 Å². The maximum atomic E-state index is 12.5. The molecule has 60 valence electrons. The van der Waals surface area contributed by atoms with Crippen LogP contribution in [-0.4, -0.2) is 0 Å². The third kappa shape index (κ3) is 1.59. The number of hydrogen-bond donors (Lipinski definition) is 2. The van der Waals surface area contributed by atoms with Gasteiger partial charge in [0, 0.05) is 28.3 Å². The number of nitrogen functional groups attached to an aromatic ring is 1. The second kappa shape index (κ2) is 3.04. The Balaban J connectivity index is 3.21. The Kier molecular flexibility index (Phi) is 2.28. The van der Waals surface area contributed by atoms with Crippen molar-refractivity contribution in [2.45, 2.75) is 0 Å². The molecule has 5 heteroatoms. The van der Waals surface area contributed by atoms with Gasteiger partial charge in [-0.05, 0) is 0 Å². The third-order valence-electron chi connectivity index (χ3n) is 1.19. The molecule has 0 bridgehead atoms. The maximum absolute atomic E-state index is 12.5. The normalized spacial score (nSPS) is 9.73. The number of nitrogens with one attached hydrogen (secondary N) is 1. The zero-order valence-electron chi connectivity index (χ0n) is 5.37. The highest BCUT2D eigenvalue weighted by Crippen LogP contribution is 2.22. The Morgan fingerprint density at radius 1 is 1.27 bits per heavy atom. The van der Waals surface area contributed by atoms with E-state index in [1.165, 1.54) is 0 Å². The minimum Gasteiger partial charge on any atom is -0.397 e. The van der Waals surface area contributed by atoms with E-state index in [9.17, 15) is 8.78 Å². The lowest BCUT2D eigenvalue weighted by molar-refractivity contribution is 0.510. The van der Waals surface area contributed by atoms with Gasteiger partial charge < -0.3 is 10.1 Å². The molecule has 0 aliphatic carbocycles. The van der Waals surface area contributed by atoms with E-state index in [1.807, 2.05) is 0 Å². The second-order valence-electron chi connectivity index (χ2n) is 1.95. The molecule has 3 N–H and O–H groups in total. The summed E-state index contributed by atoms with van der Waals surface area (Å²) < 4.78 is 27.3. The van der Waals surface area contributed by atoms with Crippen LogP contribution in [0.4, 0.5) is 20.2 Å². The van der Waals surface area contributed by atoms with Crippen molar-refractivity contribution in [3.05, 3.63) is 23.8 Å². The molecule has 0 atom stereocenters. The molecular weight excluding hydrogens is 218 g/mol. The molecule has 1 aromatic rings. The van der Waals surface area contributed by atoms with Gasteiger partial charge in [0.1, 0.15) is 0 Å². The predicted octanol–water partition coefficient (Wildman–Crippen LogP) is 2.27. The van der Waals surface area contributed by atoms with Crippen molar-refractivity contribution in [3.8, 4) is 0 Å². The van der Waals surface area contributed by atoms with E-state index in [4.69, 9.17) is 5.73 Å². The predicted molar refractivity (Wildman–Crippen MR) is 43.3 cm³/mol. The maximum Gasteiger partial charge on any atom is 0.161 e. The molecule has 0 radical (unpaired) electrons. The van der Waals surface area contributed by atoms with Crippen LogP contribution in [-0.2, 0) is 0 Å². The van der Waals surface area contributed by atoms with Crippen molar-refractivity contribution in [2.24, 2.45) is 0 Å². The minimum atomic E-state index is -0.950. The summed E-state index contributed by atoms with van der Waals surface area (Å²) in [6.45, 7) is 0. The summed E-state index contributed by atoms with van der Waals surface area (Å²) in [5, 5.41) is 0. The van der Waals surface area contributed by atoms with Gasteiger partial charge >= 0.3 is 0 Å². The molecular formula is C6H5BrF2N2. The van der Waals surface area contributed by atoms with E-state index in [1.54, 1.807) is 0 Å². The Labute approximate surface area is 70.7 Å². The molecule has 0 amide bonds. The van der Waals surface area contributed by atoms with Crippen LogP contribution in [0.3, 0.4) is 0 Å². The average Bonchev–Trinajstić information content (AvgIpc) is 1.97. The van der Waals surface area contributed by atoms with Gasteiger partial charge in [-0.25, -0.2) is 8.78 Å². The van der Waals surface area contributed by atoms with Crippen LogP contribution in [0.15, 0.2) is 12.1 Å². The Morgan fingerprint density at radius 2 is 1.82 bits per heavy atom. The van der Waals surface area contributed by atoms with E-state index in [-0.39, 0.29) is 5.69 Å². The summed E-state index contributed by atoms with van der Waals surface area (Å²) in [5.41, 5.74) is 5.76. The first-order valence-electron chi connectivity index (χ1n) is 2.76. The van der Waals surface area contributed by atoms with Gasteiger partial charge in [-0.2, -0.15) is 0 Å². The average molecular weight is 223 g/mol. The van der Waals surface area contributed by atoms with E-state index in [0.717, 1.165) is 12.1 Å². The van der Waals surface area contributed by atoms with Gasteiger partial charge in [-0.3, -0.25) is 0 Å². The smallest absolute Gasteiger partial charge is 0.161 e. The molecule has 0 aliphatic rings. The second-order valence-corrected chi connectivity index (χ2v) is 2.34. The number of benzene rings is 1. The summed E-state index contributed by atoms with van der Waals surface area (Å²) >= 11 is 2.85. The molecule has 0 saturated carbocycles.